The molecule has 9 aromatic rings. The van der Waals surface area contributed by atoms with Gasteiger partial charge in [0, 0.05) is 45.0 Å². The van der Waals surface area contributed by atoms with Gasteiger partial charge in [0.1, 0.15) is 11.5 Å². The third-order valence-electron chi connectivity index (χ3n) is 10.8. The Hall–Kier alpha value is -7.24. The van der Waals surface area contributed by atoms with Crippen LogP contribution in [0, 0.1) is 0 Å². The van der Waals surface area contributed by atoms with E-state index < -0.39 is 5.41 Å². The van der Waals surface area contributed by atoms with Crippen molar-refractivity contribution in [2.75, 3.05) is 0 Å². The predicted octanol–water partition coefficient (Wildman–Crippen LogP) is 11.6. The average Bonchev–Trinajstić information content (AvgIpc) is 3.54. The Bertz CT molecular complexity index is 2810. The summed E-state index contributed by atoms with van der Waals surface area (Å²) >= 11 is 0. The number of pyridine rings is 1. The molecule has 0 fully saturated rings. The summed E-state index contributed by atoms with van der Waals surface area (Å²) in [6.45, 7) is 0. The zero-order valence-electron chi connectivity index (χ0n) is 29.0. The number of rotatable bonds is 4. The second-order valence-corrected chi connectivity index (χ2v) is 13.8. The number of ether oxygens (including phenoxy) is 1. The fourth-order valence-corrected chi connectivity index (χ4v) is 8.49. The summed E-state index contributed by atoms with van der Waals surface area (Å²) < 4.78 is 6.97. The van der Waals surface area contributed by atoms with Crippen LogP contribution in [0.4, 0.5) is 0 Å². The number of nitrogens with zero attached hydrogens (tertiary/aromatic N) is 4. The average molecular weight is 691 g/mol. The molecular weight excluding hydrogens is 661 g/mol. The second kappa shape index (κ2) is 11.9. The van der Waals surface area contributed by atoms with Crippen molar-refractivity contribution in [3.8, 4) is 67.9 Å². The van der Waals surface area contributed by atoms with Crippen LogP contribution in [0.5, 0.6) is 11.5 Å². The first kappa shape index (κ1) is 30.4. The van der Waals surface area contributed by atoms with Crippen LogP contribution in [-0.2, 0) is 5.41 Å². The quantitative estimate of drug-likeness (QED) is 0.184. The molecule has 0 atom stereocenters. The van der Waals surface area contributed by atoms with Gasteiger partial charge in [-0.2, -0.15) is 0 Å². The Labute approximate surface area is 312 Å². The summed E-state index contributed by atoms with van der Waals surface area (Å²) in [6, 6.07) is 61.2. The topological polar surface area (TPSA) is 60.8 Å². The molecule has 0 bridgehead atoms. The van der Waals surface area contributed by atoms with Gasteiger partial charge in [0.25, 0.3) is 0 Å². The van der Waals surface area contributed by atoms with Gasteiger partial charge in [0.2, 0.25) is 0 Å². The summed E-state index contributed by atoms with van der Waals surface area (Å²) in [5.41, 5.74) is 12.2. The molecular formula is C49H30N4O. The third-order valence-corrected chi connectivity index (χ3v) is 10.8. The van der Waals surface area contributed by atoms with Crippen molar-refractivity contribution in [3.05, 3.63) is 204 Å². The zero-order valence-corrected chi connectivity index (χ0v) is 29.0. The lowest BCUT2D eigenvalue weighted by molar-refractivity contribution is 0.436. The Balaban J connectivity index is 1.16. The third kappa shape index (κ3) is 4.52. The molecule has 11 rings (SSSR count). The largest absolute Gasteiger partial charge is 0.457 e. The summed E-state index contributed by atoms with van der Waals surface area (Å²) in [4.78, 5) is 19.9. The van der Waals surface area contributed by atoms with Gasteiger partial charge in [-0.1, -0.05) is 146 Å². The maximum Gasteiger partial charge on any atom is 0.164 e. The van der Waals surface area contributed by atoms with Crippen LogP contribution in [0.15, 0.2) is 182 Å². The number of fused-ring (bicyclic) bond motifs is 10. The Morgan fingerprint density at radius 2 is 0.944 bits per heavy atom. The highest BCUT2D eigenvalue weighted by Crippen LogP contribution is 2.62. The fourth-order valence-electron chi connectivity index (χ4n) is 8.49. The number of aromatic nitrogens is 4. The van der Waals surface area contributed by atoms with Crippen molar-refractivity contribution in [1.29, 1.82) is 0 Å². The van der Waals surface area contributed by atoms with E-state index in [9.17, 15) is 0 Å². The zero-order chi connectivity index (χ0) is 35.6. The second-order valence-electron chi connectivity index (χ2n) is 13.8. The smallest absolute Gasteiger partial charge is 0.164 e. The minimum atomic E-state index is -0.654. The number of hydrogen-bond donors (Lipinski definition) is 0. The Morgan fingerprint density at radius 3 is 1.63 bits per heavy atom. The molecule has 1 aliphatic heterocycles. The normalized spacial score (nSPS) is 13.1. The van der Waals surface area contributed by atoms with Gasteiger partial charge in [0.15, 0.2) is 17.5 Å². The molecule has 0 N–H and O–H groups in total. The van der Waals surface area contributed by atoms with E-state index >= 15 is 0 Å². The molecule has 7 aromatic carbocycles. The summed E-state index contributed by atoms with van der Waals surface area (Å²) in [5, 5.41) is 1.10. The standard InChI is InChI=1S/C49H30N4O/c1-3-13-32(14-4-1)46-51-47(33-15-5-2-6-16-33)53-48(52-46)35-25-27-43-42(29-35)49(39-22-9-7-19-37(39)38-20-8-10-23-40(38)49)41-26-24-34(30-44(41)54-43)36-21-11-17-31-18-12-28-50-45(31)36/h1-30H. The van der Waals surface area contributed by atoms with E-state index in [2.05, 4.69) is 109 Å². The molecule has 0 radical (unpaired) electrons. The SMILES string of the molecule is c1ccc(-c2nc(-c3ccccc3)nc(-c3ccc4c(c3)C3(c5ccc(-c6cccc7cccnc67)cc5O4)c4ccccc4-c4ccccc43)n2)cc1. The van der Waals surface area contributed by atoms with Gasteiger partial charge in [-0.05, 0) is 58.1 Å². The molecule has 5 heteroatoms. The van der Waals surface area contributed by atoms with Crippen molar-refractivity contribution in [3.63, 3.8) is 0 Å². The highest BCUT2D eigenvalue weighted by Gasteiger charge is 2.51. The van der Waals surface area contributed by atoms with Crippen LogP contribution in [0.25, 0.3) is 67.3 Å². The van der Waals surface area contributed by atoms with Crippen molar-refractivity contribution in [2.45, 2.75) is 5.41 Å². The van der Waals surface area contributed by atoms with Crippen LogP contribution >= 0.6 is 0 Å². The number of benzene rings is 7. The molecule has 0 amide bonds. The highest BCUT2D eigenvalue weighted by molar-refractivity contribution is 5.95. The van der Waals surface area contributed by atoms with Gasteiger partial charge >= 0.3 is 0 Å². The maximum absolute atomic E-state index is 6.97. The summed E-state index contributed by atoms with van der Waals surface area (Å²) in [7, 11) is 0. The lowest BCUT2D eigenvalue weighted by atomic mass is 9.65. The van der Waals surface area contributed by atoms with E-state index in [0.29, 0.717) is 17.5 Å². The molecule has 0 unspecified atom stereocenters. The van der Waals surface area contributed by atoms with Crippen LogP contribution in [0.1, 0.15) is 22.3 Å². The Morgan fingerprint density at radius 1 is 0.370 bits per heavy atom. The first-order valence-corrected chi connectivity index (χ1v) is 18.1. The summed E-state index contributed by atoms with van der Waals surface area (Å²) in [5.74, 6) is 3.47. The van der Waals surface area contributed by atoms with Crippen molar-refractivity contribution >= 4 is 10.9 Å². The van der Waals surface area contributed by atoms with Crippen LogP contribution < -0.4 is 4.74 Å². The fraction of sp³-hybridized carbons (Fsp3) is 0.0204. The van der Waals surface area contributed by atoms with Gasteiger partial charge in [-0.25, -0.2) is 15.0 Å². The first-order chi connectivity index (χ1) is 26.8. The molecule has 2 aromatic heterocycles. The molecule has 2 aliphatic rings. The molecule has 252 valence electrons. The van der Waals surface area contributed by atoms with Crippen LogP contribution in [-0.4, -0.2) is 19.9 Å². The molecule has 1 aliphatic carbocycles. The maximum atomic E-state index is 6.97. The molecule has 54 heavy (non-hydrogen) atoms. The minimum Gasteiger partial charge on any atom is -0.457 e. The lowest BCUT2D eigenvalue weighted by Gasteiger charge is -2.39. The molecule has 0 saturated heterocycles. The van der Waals surface area contributed by atoms with Gasteiger partial charge in [0.05, 0.1) is 10.9 Å². The van der Waals surface area contributed by atoms with E-state index in [4.69, 9.17) is 24.7 Å². The molecule has 3 heterocycles. The number of para-hydroxylation sites is 1. The van der Waals surface area contributed by atoms with Gasteiger partial charge in [-0.3, -0.25) is 4.98 Å². The van der Waals surface area contributed by atoms with E-state index in [1.54, 1.807) is 0 Å². The van der Waals surface area contributed by atoms with Crippen molar-refractivity contribution < 1.29 is 4.74 Å². The van der Waals surface area contributed by atoms with E-state index in [-0.39, 0.29) is 0 Å². The predicted molar refractivity (Wildman–Crippen MR) is 214 cm³/mol. The van der Waals surface area contributed by atoms with Crippen molar-refractivity contribution in [1.82, 2.24) is 19.9 Å². The minimum absolute atomic E-state index is 0.602. The van der Waals surface area contributed by atoms with E-state index in [1.165, 1.54) is 22.3 Å². The first-order valence-electron chi connectivity index (χ1n) is 18.1. The van der Waals surface area contributed by atoms with Crippen molar-refractivity contribution in [2.24, 2.45) is 0 Å². The molecule has 1 spiro atoms. The monoisotopic (exact) mass is 690 g/mol. The lowest BCUT2D eigenvalue weighted by Crippen LogP contribution is -2.32. The van der Waals surface area contributed by atoms with Crippen LogP contribution in [0.3, 0.4) is 0 Å². The summed E-state index contributed by atoms with van der Waals surface area (Å²) in [6.07, 6.45) is 1.86. The van der Waals surface area contributed by atoms with Crippen LogP contribution in [0.2, 0.25) is 0 Å². The Kier molecular flexibility index (Phi) is 6.70. The molecule has 5 nitrogen and oxygen atoms in total. The highest BCUT2D eigenvalue weighted by atomic mass is 16.5. The van der Waals surface area contributed by atoms with E-state index in [0.717, 1.165) is 61.3 Å². The van der Waals surface area contributed by atoms with E-state index in [1.807, 2.05) is 72.9 Å². The number of hydrogen-bond acceptors (Lipinski definition) is 5. The van der Waals surface area contributed by atoms with Gasteiger partial charge in [-0.15, -0.1) is 0 Å². The van der Waals surface area contributed by atoms with Gasteiger partial charge < -0.3 is 4.74 Å². The molecule has 0 saturated carbocycles.